The van der Waals surface area contributed by atoms with Crippen LogP contribution in [0.1, 0.15) is 58.7 Å². The number of nitrogens with two attached hydrogens (primary N) is 1. The molecule has 0 radical (unpaired) electrons. The predicted octanol–water partition coefficient (Wildman–Crippen LogP) is 3.94. The van der Waals surface area contributed by atoms with E-state index in [1.54, 1.807) is 9.42 Å². The first-order chi connectivity index (χ1) is 15.3. The molecule has 0 atom stereocenters. The van der Waals surface area contributed by atoms with E-state index in [1.165, 1.54) is 18.2 Å². The minimum absolute atomic E-state index is 0.0666. The Balaban J connectivity index is 1.41. The molecule has 3 heterocycles. The molecule has 0 bridgehead atoms. The number of amides is 1. The minimum atomic E-state index is -0.432. The van der Waals surface area contributed by atoms with Crippen molar-refractivity contribution in [3.8, 4) is 5.75 Å². The lowest BCUT2D eigenvalue weighted by Crippen LogP contribution is -2.32. The van der Waals surface area contributed by atoms with Crippen molar-refractivity contribution in [3.05, 3.63) is 57.2 Å². The van der Waals surface area contributed by atoms with Crippen molar-refractivity contribution in [2.24, 2.45) is 5.73 Å². The number of ether oxygens (including phenoxy) is 1. The van der Waals surface area contributed by atoms with Crippen molar-refractivity contribution >= 4 is 23.2 Å². The Morgan fingerprint density at radius 3 is 2.72 bits per heavy atom. The van der Waals surface area contributed by atoms with Crippen LogP contribution in [0.2, 0.25) is 5.02 Å². The highest BCUT2D eigenvalue weighted by Crippen LogP contribution is 2.32. The number of aromatic nitrogens is 3. The molecule has 7 nitrogen and oxygen atoms in total. The minimum Gasteiger partial charge on any atom is -0.489 e. The van der Waals surface area contributed by atoms with Gasteiger partial charge in [-0.05, 0) is 51.7 Å². The number of halogens is 2. The van der Waals surface area contributed by atoms with Crippen molar-refractivity contribution in [1.29, 1.82) is 0 Å². The average molecular weight is 458 g/mol. The molecule has 1 saturated carbocycles. The number of benzene rings is 1. The lowest BCUT2D eigenvalue weighted by molar-refractivity contribution is 0.0738. The number of aryl methyl sites for hydroxylation is 2. The highest BCUT2D eigenvalue weighted by molar-refractivity contribution is 6.31. The highest BCUT2D eigenvalue weighted by Gasteiger charge is 2.32. The van der Waals surface area contributed by atoms with Gasteiger partial charge in [-0.3, -0.25) is 4.79 Å². The van der Waals surface area contributed by atoms with Crippen molar-refractivity contribution in [2.75, 3.05) is 0 Å². The maximum absolute atomic E-state index is 14.0. The van der Waals surface area contributed by atoms with Crippen LogP contribution >= 0.6 is 11.6 Å². The molecular formula is C23H25ClFN5O2. The van der Waals surface area contributed by atoms with Crippen LogP contribution in [0, 0.1) is 19.7 Å². The van der Waals surface area contributed by atoms with Crippen LogP contribution in [-0.4, -0.2) is 37.6 Å². The zero-order valence-corrected chi connectivity index (χ0v) is 18.8. The molecule has 32 heavy (non-hydrogen) atoms. The molecule has 0 spiro atoms. The first kappa shape index (κ1) is 21.2. The number of nitrogens with zero attached hydrogens (tertiary/aromatic N) is 4. The van der Waals surface area contributed by atoms with Gasteiger partial charge in [0.2, 0.25) is 0 Å². The quantitative estimate of drug-likeness (QED) is 0.643. The standard InChI is InChI=1S/C23H25ClFN5O2/c1-12-21(24)13(2)30-22(27-12)18-10-29(11-19(18)28-30)23(31)17-8-3-14(25)9-20(17)32-16-6-4-15(26)5-7-16/h3,8-9,15-16H,4-7,10-11,26H2,1-2H3/t15-,16-. The zero-order valence-electron chi connectivity index (χ0n) is 18.1. The third-order valence-electron chi connectivity index (χ3n) is 6.43. The summed E-state index contributed by atoms with van der Waals surface area (Å²) in [5.41, 5.74) is 10.3. The fourth-order valence-electron chi connectivity index (χ4n) is 4.58. The molecule has 1 aliphatic heterocycles. The Kier molecular flexibility index (Phi) is 5.29. The Morgan fingerprint density at radius 2 is 1.97 bits per heavy atom. The van der Waals surface area contributed by atoms with E-state index in [1.807, 2.05) is 13.8 Å². The zero-order chi connectivity index (χ0) is 22.6. The van der Waals surface area contributed by atoms with E-state index in [2.05, 4.69) is 10.1 Å². The van der Waals surface area contributed by atoms with Crippen molar-refractivity contribution in [1.82, 2.24) is 19.5 Å². The van der Waals surface area contributed by atoms with Crippen molar-refractivity contribution in [2.45, 2.75) is 64.8 Å². The molecular weight excluding hydrogens is 433 g/mol. The van der Waals surface area contributed by atoms with Crippen LogP contribution in [0.5, 0.6) is 5.75 Å². The summed E-state index contributed by atoms with van der Waals surface area (Å²) >= 11 is 6.32. The summed E-state index contributed by atoms with van der Waals surface area (Å²) in [5.74, 6) is -0.365. The number of hydrogen-bond donors (Lipinski definition) is 1. The first-order valence-electron chi connectivity index (χ1n) is 10.9. The van der Waals surface area contributed by atoms with Gasteiger partial charge in [0, 0.05) is 17.7 Å². The summed E-state index contributed by atoms with van der Waals surface area (Å²) in [4.78, 5) is 19.7. The molecule has 0 saturated heterocycles. The summed E-state index contributed by atoms with van der Waals surface area (Å²) in [5, 5.41) is 5.22. The molecule has 2 N–H and O–H groups in total. The van der Waals surface area contributed by atoms with Crippen molar-refractivity contribution < 1.29 is 13.9 Å². The molecule has 0 unspecified atom stereocenters. The van der Waals surface area contributed by atoms with E-state index in [0.29, 0.717) is 29.3 Å². The lowest BCUT2D eigenvalue weighted by Gasteiger charge is -2.28. The van der Waals surface area contributed by atoms with Gasteiger partial charge in [0.25, 0.3) is 5.91 Å². The molecule has 1 aliphatic carbocycles. The van der Waals surface area contributed by atoms with Crippen LogP contribution in [-0.2, 0) is 13.1 Å². The number of hydrogen-bond acceptors (Lipinski definition) is 5. The maximum Gasteiger partial charge on any atom is 0.258 e. The molecule has 3 aromatic rings. The summed E-state index contributed by atoms with van der Waals surface area (Å²) in [7, 11) is 0. The summed E-state index contributed by atoms with van der Waals surface area (Å²) < 4.78 is 21.8. The van der Waals surface area contributed by atoms with E-state index >= 15 is 0 Å². The molecule has 9 heteroatoms. The van der Waals surface area contributed by atoms with Crippen LogP contribution in [0.4, 0.5) is 4.39 Å². The third-order valence-corrected chi connectivity index (χ3v) is 6.98. The Morgan fingerprint density at radius 1 is 1.22 bits per heavy atom. The number of carbonyl (C=O) groups is 1. The summed E-state index contributed by atoms with van der Waals surface area (Å²) in [6.07, 6.45) is 3.25. The second-order valence-corrected chi connectivity index (χ2v) is 9.09. The van der Waals surface area contributed by atoms with E-state index < -0.39 is 5.82 Å². The lowest BCUT2D eigenvalue weighted by atomic mass is 9.93. The highest BCUT2D eigenvalue weighted by atomic mass is 35.5. The Hall–Kier alpha value is -2.71. The summed E-state index contributed by atoms with van der Waals surface area (Å²) in [6, 6.07) is 4.27. The Labute approximate surface area is 190 Å². The molecule has 5 rings (SSSR count). The van der Waals surface area contributed by atoms with Crippen LogP contribution in [0.3, 0.4) is 0 Å². The smallest absolute Gasteiger partial charge is 0.258 e. The fraction of sp³-hybridized carbons (Fsp3) is 0.435. The monoisotopic (exact) mass is 457 g/mol. The second-order valence-electron chi connectivity index (χ2n) is 8.71. The molecule has 2 aliphatic rings. The SMILES string of the molecule is Cc1nc2c3c(nn2c(C)c1Cl)CN(C(=O)c1ccc(F)cc1O[C@H]1CC[C@H](N)CC1)C3. The predicted molar refractivity (Wildman–Crippen MR) is 118 cm³/mol. The van der Waals surface area contributed by atoms with Crippen LogP contribution in [0.25, 0.3) is 5.65 Å². The average Bonchev–Trinajstić information content (AvgIpc) is 3.33. The van der Waals surface area contributed by atoms with E-state index in [4.69, 9.17) is 22.1 Å². The Bertz CT molecular complexity index is 1220. The number of carbonyl (C=O) groups excluding carboxylic acids is 1. The number of fused-ring (bicyclic) bond motifs is 3. The van der Waals surface area contributed by atoms with Gasteiger partial charge in [0.05, 0.1) is 46.9 Å². The van der Waals surface area contributed by atoms with E-state index in [0.717, 1.165) is 48.3 Å². The number of rotatable bonds is 3. The van der Waals surface area contributed by atoms with Gasteiger partial charge >= 0.3 is 0 Å². The molecule has 2 aromatic heterocycles. The molecule has 168 valence electrons. The molecule has 1 fully saturated rings. The second kappa shape index (κ2) is 8.01. The van der Waals surface area contributed by atoms with Gasteiger partial charge in [0.1, 0.15) is 11.6 Å². The largest absolute Gasteiger partial charge is 0.489 e. The van der Waals surface area contributed by atoms with Gasteiger partial charge in [-0.15, -0.1) is 0 Å². The first-order valence-corrected chi connectivity index (χ1v) is 11.2. The fourth-order valence-corrected chi connectivity index (χ4v) is 4.71. The summed E-state index contributed by atoms with van der Waals surface area (Å²) in [6.45, 7) is 4.48. The van der Waals surface area contributed by atoms with Crippen LogP contribution in [0.15, 0.2) is 18.2 Å². The van der Waals surface area contributed by atoms with Gasteiger partial charge < -0.3 is 15.4 Å². The van der Waals surface area contributed by atoms with Crippen molar-refractivity contribution in [3.63, 3.8) is 0 Å². The van der Waals surface area contributed by atoms with Gasteiger partial charge in [0.15, 0.2) is 5.65 Å². The van der Waals surface area contributed by atoms with E-state index in [-0.39, 0.29) is 23.8 Å². The van der Waals surface area contributed by atoms with Gasteiger partial charge in [-0.1, -0.05) is 11.6 Å². The molecule has 1 aromatic carbocycles. The van der Waals surface area contributed by atoms with Gasteiger partial charge in [-0.2, -0.15) is 5.10 Å². The maximum atomic E-state index is 14.0. The van der Waals surface area contributed by atoms with E-state index in [9.17, 15) is 9.18 Å². The normalized spacial score (nSPS) is 20.6. The van der Waals surface area contributed by atoms with Gasteiger partial charge in [-0.25, -0.2) is 13.9 Å². The third kappa shape index (κ3) is 3.61. The topological polar surface area (TPSA) is 85.8 Å². The molecule has 1 amide bonds. The van der Waals surface area contributed by atoms with Crippen LogP contribution < -0.4 is 10.5 Å².